The van der Waals surface area contributed by atoms with Gasteiger partial charge in [0.15, 0.2) is 0 Å². The molecule has 1 aliphatic rings. The molecule has 0 spiro atoms. The van der Waals surface area contributed by atoms with Gasteiger partial charge in [0.05, 0.1) is 24.8 Å². The maximum atomic E-state index is 12.5. The summed E-state index contributed by atoms with van der Waals surface area (Å²) < 4.78 is 6.98. The molecular formula is C19H26N4O2. The molecule has 6 heteroatoms. The fourth-order valence-corrected chi connectivity index (χ4v) is 3.22. The molecule has 0 radical (unpaired) electrons. The van der Waals surface area contributed by atoms with Crippen LogP contribution in [0.15, 0.2) is 42.6 Å². The number of nitrogens with one attached hydrogen (secondary N) is 1. The molecule has 1 aromatic heterocycles. The van der Waals surface area contributed by atoms with Gasteiger partial charge >= 0.3 is 0 Å². The summed E-state index contributed by atoms with van der Waals surface area (Å²) in [6.07, 6.45) is 2.79. The van der Waals surface area contributed by atoms with Gasteiger partial charge in [-0.3, -0.25) is 14.4 Å². The van der Waals surface area contributed by atoms with Crippen molar-refractivity contribution >= 4 is 5.91 Å². The third-order valence-electron chi connectivity index (χ3n) is 4.60. The van der Waals surface area contributed by atoms with Crippen molar-refractivity contribution in [1.29, 1.82) is 0 Å². The Labute approximate surface area is 148 Å². The average molecular weight is 342 g/mol. The van der Waals surface area contributed by atoms with Crippen LogP contribution in [0, 0.1) is 5.92 Å². The van der Waals surface area contributed by atoms with Crippen LogP contribution < -0.4 is 5.32 Å². The third-order valence-corrected chi connectivity index (χ3v) is 4.60. The summed E-state index contributed by atoms with van der Waals surface area (Å²) in [4.78, 5) is 14.9. The number of amides is 1. The van der Waals surface area contributed by atoms with Gasteiger partial charge in [0, 0.05) is 39.5 Å². The van der Waals surface area contributed by atoms with E-state index in [9.17, 15) is 4.79 Å². The number of benzene rings is 1. The lowest BCUT2D eigenvalue weighted by Gasteiger charge is -2.23. The van der Waals surface area contributed by atoms with Crippen LogP contribution in [0.25, 0.3) is 0 Å². The van der Waals surface area contributed by atoms with Crippen molar-refractivity contribution in [2.24, 2.45) is 5.92 Å². The van der Waals surface area contributed by atoms with Crippen molar-refractivity contribution in [1.82, 2.24) is 20.0 Å². The quantitative estimate of drug-likeness (QED) is 0.771. The van der Waals surface area contributed by atoms with Gasteiger partial charge in [0.25, 0.3) is 0 Å². The van der Waals surface area contributed by atoms with Gasteiger partial charge in [-0.25, -0.2) is 0 Å². The van der Waals surface area contributed by atoms with E-state index in [1.807, 2.05) is 23.0 Å². The number of hydrogen-bond donors (Lipinski definition) is 1. The number of nitrogens with zero attached hydrogens (tertiary/aromatic N) is 3. The highest BCUT2D eigenvalue weighted by Crippen LogP contribution is 2.16. The number of ether oxygens (including phenoxy) is 1. The summed E-state index contributed by atoms with van der Waals surface area (Å²) >= 11 is 0. The van der Waals surface area contributed by atoms with Gasteiger partial charge in [-0.05, 0) is 18.1 Å². The second-order valence-electron chi connectivity index (χ2n) is 6.46. The van der Waals surface area contributed by atoms with Crippen molar-refractivity contribution < 1.29 is 9.53 Å². The van der Waals surface area contributed by atoms with Crippen molar-refractivity contribution in [3.05, 3.63) is 53.9 Å². The van der Waals surface area contributed by atoms with E-state index in [4.69, 9.17) is 4.74 Å². The summed E-state index contributed by atoms with van der Waals surface area (Å²) in [7, 11) is 1.64. The van der Waals surface area contributed by atoms with E-state index in [0.717, 1.165) is 26.1 Å². The Morgan fingerprint density at radius 2 is 2.12 bits per heavy atom. The maximum absolute atomic E-state index is 12.5. The molecule has 134 valence electrons. The fraction of sp³-hybridized carbons (Fsp3) is 0.474. The lowest BCUT2D eigenvalue weighted by Crippen LogP contribution is -2.40. The highest BCUT2D eigenvalue weighted by Gasteiger charge is 2.27. The summed E-state index contributed by atoms with van der Waals surface area (Å²) in [6.45, 7) is 4.20. The van der Waals surface area contributed by atoms with Crippen LogP contribution in [0.1, 0.15) is 11.3 Å². The second kappa shape index (κ2) is 8.78. The van der Waals surface area contributed by atoms with Gasteiger partial charge in [-0.2, -0.15) is 5.10 Å². The molecule has 25 heavy (non-hydrogen) atoms. The molecule has 1 atom stereocenters. The topological polar surface area (TPSA) is 59.4 Å². The van der Waals surface area contributed by atoms with Gasteiger partial charge < -0.3 is 10.1 Å². The van der Waals surface area contributed by atoms with Gasteiger partial charge in [0.1, 0.15) is 0 Å². The van der Waals surface area contributed by atoms with E-state index in [2.05, 4.69) is 39.6 Å². The molecule has 1 unspecified atom stereocenters. The fourth-order valence-electron chi connectivity index (χ4n) is 3.22. The number of carbonyl (C=O) groups is 1. The lowest BCUT2D eigenvalue weighted by atomic mass is 10.1. The first-order valence-corrected chi connectivity index (χ1v) is 8.80. The SMILES string of the molecule is COCCNC(=O)C1CN(CCc2ccccc2)Cc2ccnn2C1. The van der Waals surface area contributed by atoms with E-state index in [1.54, 1.807) is 7.11 Å². The molecule has 0 fully saturated rings. The van der Waals surface area contributed by atoms with Crippen LogP contribution in [-0.2, 0) is 29.0 Å². The number of aromatic nitrogens is 2. The Hall–Kier alpha value is -2.18. The number of methoxy groups -OCH3 is 1. The third kappa shape index (κ3) is 4.90. The summed E-state index contributed by atoms with van der Waals surface area (Å²) in [5.74, 6) is -0.0288. The Kier molecular flexibility index (Phi) is 6.19. The van der Waals surface area contributed by atoms with Gasteiger partial charge in [-0.1, -0.05) is 30.3 Å². The minimum absolute atomic E-state index is 0.0742. The molecule has 1 aromatic carbocycles. The minimum atomic E-state index is -0.103. The van der Waals surface area contributed by atoms with E-state index in [-0.39, 0.29) is 11.8 Å². The highest BCUT2D eigenvalue weighted by molar-refractivity contribution is 5.78. The normalized spacial score (nSPS) is 17.7. The summed E-state index contributed by atoms with van der Waals surface area (Å²) in [6, 6.07) is 12.5. The number of hydrogen-bond acceptors (Lipinski definition) is 4. The first-order chi connectivity index (χ1) is 12.3. The number of fused-ring (bicyclic) bond motifs is 1. The van der Waals surface area contributed by atoms with Crippen LogP contribution in [0.3, 0.4) is 0 Å². The summed E-state index contributed by atoms with van der Waals surface area (Å²) in [5.41, 5.74) is 2.49. The summed E-state index contributed by atoms with van der Waals surface area (Å²) in [5, 5.41) is 7.35. The monoisotopic (exact) mass is 342 g/mol. The molecule has 1 amide bonds. The van der Waals surface area contributed by atoms with E-state index < -0.39 is 0 Å². The smallest absolute Gasteiger partial charge is 0.226 e. The standard InChI is InChI=1S/C19H26N4O2/c1-25-12-10-20-19(24)17-13-22(11-8-16-5-3-2-4-6-16)15-18-7-9-21-23(18)14-17/h2-7,9,17H,8,10-15H2,1H3,(H,20,24). The Bertz CT molecular complexity index is 671. The molecule has 1 aliphatic heterocycles. The Morgan fingerprint density at radius 3 is 2.92 bits per heavy atom. The second-order valence-corrected chi connectivity index (χ2v) is 6.46. The van der Waals surface area contributed by atoms with Crippen LogP contribution >= 0.6 is 0 Å². The number of carbonyl (C=O) groups excluding carboxylic acids is 1. The van der Waals surface area contributed by atoms with Crippen LogP contribution in [0.4, 0.5) is 0 Å². The molecule has 0 bridgehead atoms. The first kappa shape index (κ1) is 17.6. The zero-order chi connectivity index (χ0) is 17.5. The maximum Gasteiger partial charge on any atom is 0.226 e. The molecule has 6 nitrogen and oxygen atoms in total. The molecule has 0 aliphatic carbocycles. The molecule has 0 saturated heterocycles. The van der Waals surface area contributed by atoms with Crippen LogP contribution in [0.2, 0.25) is 0 Å². The van der Waals surface area contributed by atoms with Crippen molar-refractivity contribution in [3.8, 4) is 0 Å². The predicted octanol–water partition coefficient (Wildman–Crippen LogP) is 1.32. The van der Waals surface area contributed by atoms with Crippen LogP contribution in [-0.4, -0.2) is 53.9 Å². The molecule has 3 rings (SSSR count). The first-order valence-electron chi connectivity index (χ1n) is 8.80. The molecule has 1 N–H and O–H groups in total. The van der Waals surface area contributed by atoms with Crippen molar-refractivity contribution in [3.63, 3.8) is 0 Å². The van der Waals surface area contributed by atoms with Crippen LogP contribution in [0.5, 0.6) is 0 Å². The van der Waals surface area contributed by atoms with Crippen molar-refractivity contribution in [2.75, 3.05) is 33.4 Å². The van der Waals surface area contributed by atoms with E-state index in [0.29, 0.717) is 19.7 Å². The van der Waals surface area contributed by atoms with Gasteiger partial charge in [-0.15, -0.1) is 0 Å². The van der Waals surface area contributed by atoms with E-state index >= 15 is 0 Å². The molecule has 2 heterocycles. The average Bonchev–Trinajstić information content (AvgIpc) is 2.99. The molecule has 0 saturated carbocycles. The Morgan fingerprint density at radius 1 is 1.28 bits per heavy atom. The zero-order valence-electron chi connectivity index (χ0n) is 14.7. The zero-order valence-corrected chi connectivity index (χ0v) is 14.7. The van der Waals surface area contributed by atoms with E-state index in [1.165, 1.54) is 11.3 Å². The molecule has 2 aromatic rings. The minimum Gasteiger partial charge on any atom is -0.383 e. The predicted molar refractivity (Wildman–Crippen MR) is 96.0 cm³/mol. The Balaban J connectivity index is 1.65. The molecular weight excluding hydrogens is 316 g/mol. The van der Waals surface area contributed by atoms with Crippen molar-refractivity contribution in [2.45, 2.75) is 19.5 Å². The number of rotatable bonds is 7. The highest BCUT2D eigenvalue weighted by atomic mass is 16.5. The largest absolute Gasteiger partial charge is 0.383 e. The lowest BCUT2D eigenvalue weighted by molar-refractivity contribution is -0.126. The van der Waals surface area contributed by atoms with Gasteiger partial charge in [0.2, 0.25) is 5.91 Å².